The van der Waals surface area contributed by atoms with Gasteiger partial charge in [-0.2, -0.15) is 0 Å². The summed E-state index contributed by atoms with van der Waals surface area (Å²) in [5.74, 6) is 1.28. The first kappa shape index (κ1) is 14.9. The molecule has 0 amide bonds. The largest absolute Gasteiger partial charge is 0.493 e. The number of hydrogen-bond donors (Lipinski definition) is 1. The zero-order chi connectivity index (χ0) is 14.8. The fourth-order valence-electron chi connectivity index (χ4n) is 2.84. The summed E-state index contributed by atoms with van der Waals surface area (Å²) < 4.78 is 6.86. The van der Waals surface area contributed by atoms with Crippen LogP contribution in [0.25, 0.3) is 0 Å². The molecule has 1 atom stereocenters. The minimum atomic E-state index is 0.268. The predicted molar refractivity (Wildman–Crippen MR) is 90.3 cm³/mol. The molecule has 3 rings (SSSR count). The molecule has 2 aromatic carbocycles. The number of fused-ring (bicyclic) bond motifs is 1. The summed E-state index contributed by atoms with van der Waals surface area (Å²) >= 11 is 9.69. The molecule has 4 heteroatoms. The molecule has 2 N–H and O–H groups in total. The molecule has 0 aliphatic carbocycles. The third-order valence-corrected chi connectivity index (χ3v) is 4.66. The van der Waals surface area contributed by atoms with Crippen molar-refractivity contribution in [1.82, 2.24) is 0 Å². The second-order valence-electron chi connectivity index (χ2n) is 5.34. The maximum atomic E-state index is 6.23. The molecule has 0 aromatic heterocycles. The van der Waals surface area contributed by atoms with E-state index in [1.807, 2.05) is 12.1 Å². The first-order valence-corrected chi connectivity index (χ1v) is 8.24. The first-order chi connectivity index (χ1) is 10.2. The van der Waals surface area contributed by atoms with Crippen molar-refractivity contribution in [2.24, 2.45) is 5.73 Å². The second kappa shape index (κ2) is 6.39. The van der Waals surface area contributed by atoms with E-state index < -0.39 is 0 Å². The molecule has 0 fully saturated rings. The Bertz CT molecular complexity index is 642. The molecule has 2 aromatic rings. The smallest absolute Gasteiger partial charge is 0.125 e. The maximum Gasteiger partial charge on any atom is 0.125 e. The summed E-state index contributed by atoms with van der Waals surface area (Å²) in [6.07, 6.45) is 1.79. The van der Waals surface area contributed by atoms with Crippen molar-refractivity contribution in [3.05, 3.63) is 62.6 Å². The van der Waals surface area contributed by atoms with E-state index in [1.165, 1.54) is 11.1 Å². The van der Waals surface area contributed by atoms with Crippen molar-refractivity contribution in [1.29, 1.82) is 0 Å². The van der Waals surface area contributed by atoms with Gasteiger partial charge in [-0.25, -0.2) is 0 Å². The minimum absolute atomic E-state index is 0.268. The van der Waals surface area contributed by atoms with Gasteiger partial charge in [0.05, 0.1) is 6.61 Å². The minimum Gasteiger partial charge on any atom is -0.493 e. The van der Waals surface area contributed by atoms with Gasteiger partial charge in [-0.1, -0.05) is 39.7 Å². The standard InChI is InChI=1S/C17H17BrClNO/c18-15-3-1-11(2-4-15)14(10-20)7-13-9-16(19)8-12-5-6-21-17(12)13/h1-4,8-9,14H,5-7,10,20H2. The van der Waals surface area contributed by atoms with Crippen LogP contribution in [0.15, 0.2) is 40.9 Å². The second-order valence-corrected chi connectivity index (χ2v) is 6.69. The van der Waals surface area contributed by atoms with Gasteiger partial charge >= 0.3 is 0 Å². The molecule has 110 valence electrons. The van der Waals surface area contributed by atoms with Crippen molar-refractivity contribution in [2.75, 3.05) is 13.2 Å². The fraction of sp³-hybridized carbons (Fsp3) is 0.294. The summed E-state index contributed by atoms with van der Waals surface area (Å²) in [7, 11) is 0. The summed E-state index contributed by atoms with van der Waals surface area (Å²) in [5, 5.41) is 0.779. The molecule has 0 radical (unpaired) electrons. The van der Waals surface area contributed by atoms with E-state index in [2.05, 4.69) is 40.2 Å². The van der Waals surface area contributed by atoms with Crippen molar-refractivity contribution < 1.29 is 4.74 Å². The topological polar surface area (TPSA) is 35.2 Å². The van der Waals surface area contributed by atoms with Crippen LogP contribution in [0.3, 0.4) is 0 Å². The molecule has 0 saturated heterocycles. The highest BCUT2D eigenvalue weighted by atomic mass is 79.9. The molecular weight excluding hydrogens is 350 g/mol. The predicted octanol–water partition coefficient (Wildman–Crippen LogP) is 4.32. The molecule has 2 nitrogen and oxygen atoms in total. The highest BCUT2D eigenvalue weighted by Crippen LogP contribution is 2.35. The van der Waals surface area contributed by atoms with E-state index in [-0.39, 0.29) is 5.92 Å². The van der Waals surface area contributed by atoms with Gasteiger partial charge in [-0.15, -0.1) is 0 Å². The van der Waals surface area contributed by atoms with Crippen LogP contribution in [0.5, 0.6) is 5.75 Å². The Kier molecular flexibility index (Phi) is 4.53. The average molecular weight is 367 g/mol. The van der Waals surface area contributed by atoms with Crippen molar-refractivity contribution >= 4 is 27.5 Å². The van der Waals surface area contributed by atoms with Gasteiger partial charge in [0.15, 0.2) is 0 Å². The van der Waals surface area contributed by atoms with Crippen molar-refractivity contribution in [3.63, 3.8) is 0 Å². The van der Waals surface area contributed by atoms with Gasteiger partial charge in [-0.05, 0) is 53.9 Å². The number of nitrogens with two attached hydrogens (primary N) is 1. The quantitative estimate of drug-likeness (QED) is 0.874. The van der Waals surface area contributed by atoms with Gasteiger partial charge < -0.3 is 10.5 Å². The molecule has 0 bridgehead atoms. The van der Waals surface area contributed by atoms with E-state index in [9.17, 15) is 0 Å². The van der Waals surface area contributed by atoms with E-state index in [1.54, 1.807) is 0 Å². The van der Waals surface area contributed by atoms with Crippen LogP contribution in [0.1, 0.15) is 22.6 Å². The summed E-state index contributed by atoms with van der Waals surface area (Å²) in [5.41, 5.74) is 9.60. The number of hydrogen-bond acceptors (Lipinski definition) is 2. The van der Waals surface area contributed by atoms with E-state index >= 15 is 0 Å². The van der Waals surface area contributed by atoms with Crippen LogP contribution in [0.2, 0.25) is 5.02 Å². The highest BCUT2D eigenvalue weighted by molar-refractivity contribution is 9.10. The van der Waals surface area contributed by atoms with Crippen LogP contribution >= 0.6 is 27.5 Å². The van der Waals surface area contributed by atoms with Crippen LogP contribution in [0.4, 0.5) is 0 Å². The van der Waals surface area contributed by atoms with E-state index in [0.29, 0.717) is 6.54 Å². The Morgan fingerprint density at radius 3 is 2.71 bits per heavy atom. The molecule has 1 aliphatic rings. The highest BCUT2D eigenvalue weighted by Gasteiger charge is 2.20. The van der Waals surface area contributed by atoms with E-state index in [4.69, 9.17) is 22.1 Å². The number of rotatable bonds is 4. The van der Waals surface area contributed by atoms with Crippen LogP contribution in [-0.2, 0) is 12.8 Å². The monoisotopic (exact) mass is 365 g/mol. The maximum absolute atomic E-state index is 6.23. The molecule has 1 unspecified atom stereocenters. The zero-order valence-electron chi connectivity index (χ0n) is 11.6. The van der Waals surface area contributed by atoms with Gasteiger partial charge in [0, 0.05) is 21.8 Å². The number of benzene rings is 2. The molecular formula is C17H17BrClNO. The lowest BCUT2D eigenvalue weighted by Crippen LogP contribution is -2.15. The van der Waals surface area contributed by atoms with Gasteiger partial charge in [0.2, 0.25) is 0 Å². The average Bonchev–Trinajstić information content (AvgIpc) is 2.94. The lowest BCUT2D eigenvalue weighted by Gasteiger charge is -2.17. The van der Waals surface area contributed by atoms with E-state index in [0.717, 1.165) is 40.3 Å². The zero-order valence-corrected chi connectivity index (χ0v) is 14.0. The lowest BCUT2D eigenvalue weighted by molar-refractivity contribution is 0.352. The number of halogens is 2. The van der Waals surface area contributed by atoms with Crippen LogP contribution in [-0.4, -0.2) is 13.2 Å². The summed E-state index contributed by atoms with van der Waals surface area (Å²) in [4.78, 5) is 0. The van der Waals surface area contributed by atoms with Crippen LogP contribution < -0.4 is 10.5 Å². The third kappa shape index (κ3) is 3.25. The fourth-order valence-corrected chi connectivity index (χ4v) is 3.36. The lowest BCUT2D eigenvalue weighted by atomic mass is 9.91. The Hall–Kier alpha value is -1.03. The molecule has 1 heterocycles. The van der Waals surface area contributed by atoms with Gasteiger partial charge in [0.25, 0.3) is 0 Å². The normalized spacial score (nSPS) is 14.6. The Balaban J connectivity index is 1.89. The Morgan fingerprint density at radius 2 is 2.00 bits per heavy atom. The SMILES string of the molecule is NCC(Cc1cc(Cl)cc2c1OCC2)c1ccc(Br)cc1. The number of ether oxygens (including phenoxy) is 1. The third-order valence-electron chi connectivity index (χ3n) is 3.92. The first-order valence-electron chi connectivity index (χ1n) is 7.07. The summed E-state index contributed by atoms with van der Waals surface area (Å²) in [6, 6.07) is 12.4. The molecule has 1 aliphatic heterocycles. The molecule has 0 spiro atoms. The summed E-state index contributed by atoms with van der Waals surface area (Å²) in [6.45, 7) is 1.34. The van der Waals surface area contributed by atoms with Crippen molar-refractivity contribution in [2.45, 2.75) is 18.8 Å². The van der Waals surface area contributed by atoms with Gasteiger partial charge in [0.1, 0.15) is 5.75 Å². The molecule has 0 saturated carbocycles. The Morgan fingerprint density at radius 1 is 1.24 bits per heavy atom. The Labute approximate surface area is 138 Å². The van der Waals surface area contributed by atoms with Gasteiger partial charge in [-0.3, -0.25) is 0 Å². The van der Waals surface area contributed by atoms with Crippen LogP contribution in [0, 0.1) is 0 Å². The molecule has 21 heavy (non-hydrogen) atoms. The van der Waals surface area contributed by atoms with Crippen molar-refractivity contribution in [3.8, 4) is 5.75 Å².